The van der Waals surface area contributed by atoms with Crippen LogP contribution >= 0.6 is 15.9 Å². The number of rotatable bonds is 3. The quantitative estimate of drug-likeness (QED) is 0.925. The molecule has 0 saturated carbocycles. The third-order valence-electron chi connectivity index (χ3n) is 3.79. The van der Waals surface area contributed by atoms with Gasteiger partial charge in [0, 0.05) is 36.7 Å². The van der Waals surface area contributed by atoms with Gasteiger partial charge in [0.1, 0.15) is 0 Å². The van der Waals surface area contributed by atoms with Crippen LogP contribution in [0.5, 0.6) is 0 Å². The SMILES string of the molecule is Brc1ccccc1C1CN(Cc2ccccc2)CCN1. The zero-order chi connectivity index (χ0) is 13.8. The molecule has 1 aliphatic rings. The molecule has 2 nitrogen and oxygen atoms in total. The normalized spacial score (nSPS) is 19.9. The molecule has 1 N–H and O–H groups in total. The fourth-order valence-corrected chi connectivity index (χ4v) is 3.32. The first-order valence-electron chi connectivity index (χ1n) is 7.07. The predicted molar refractivity (Wildman–Crippen MR) is 86.6 cm³/mol. The fraction of sp³-hybridized carbons (Fsp3) is 0.294. The molecule has 0 spiro atoms. The highest BCUT2D eigenvalue weighted by molar-refractivity contribution is 9.10. The van der Waals surface area contributed by atoms with Gasteiger partial charge in [0.25, 0.3) is 0 Å². The molecule has 1 unspecified atom stereocenters. The molecule has 104 valence electrons. The Morgan fingerprint density at radius 3 is 2.60 bits per heavy atom. The molecular weight excluding hydrogens is 312 g/mol. The number of nitrogens with zero attached hydrogens (tertiary/aromatic N) is 1. The largest absolute Gasteiger partial charge is 0.308 e. The van der Waals surface area contributed by atoms with E-state index in [0.29, 0.717) is 6.04 Å². The first-order valence-corrected chi connectivity index (χ1v) is 7.86. The maximum Gasteiger partial charge on any atom is 0.0461 e. The van der Waals surface area contributed by atoms with E-state index in [4.69, 9.17) is 0 Å². The van der Waals surface area contributed by atoms with Gasteiger partial charge in [-0.05, 0) is 17.2 Å². The van der Waals surface area contributed by atoms with Gasteiger partial charge in [-0.1, -0.05) is 64.5 Å². The number of piperazine rings is 1. The Labute approximate surface area is 128 Å². The molecule has 0 amide bonds. The van der Waals surface area contributed by atoms with Gasteiger partial charge in [0.2, 0.25) is 0 Å². The molecule has 1 saturated heterocycles. The molecule has 0 radical (unpaired) electrons. The maximum atomic E-state index is 3.66. The minimum Gasteiger partial charge on any atom is -0.308 e. The van der Waals surface area contributed by atoms with Crippen LogP contribution in [0.4, 0.5) is 0 Å². The molecule has 2 aromatic rings. The minimum absolute atomic E-state index is 0.406. The Morgan fingerprint density at radius 1 is 1.05 bits per heavy atom. The summed E-state index contributed by atoms with van der Waals surface area (Å²) in [5.41, 5.74) is 2.74. The van der Waals surface area contributed by atoms with Gasteiger partial charge in [-0.3, -0.25) is 4.90 Å². The molecule has 1 atom stereocenters. The van der Waals surface area contributed by atoms with E-state index in [-0.39, 0.29) is 0 Å². The molecule has 2 aromatic carbocycles. The Kier molecular flexibility index (Phi) is 4.51. The molecule has 0 aromatic heterocycles. The van der Waals surface area contributed by atoms with E-state index in [1.54, 1.807) is 0 Å². The van der Waals surface area contributed by atoms with Crippen LogP contribution < -0.4 is 5.32 Å². The van der Waals surface area contributed by atoms with E-state index in [2.05, 4.69) is 80.7 Å². The Hall–Kier alpha value is -1.16. The van der Waals surface area contributed by atoms with Crippen molar-refractivity contribution in [1.82, 2.24) is 10.2 Å². The second-order valence-electron chi connectivity index (χ2n) is 5.25. The lowest BCUT2D eigenvalue weighted by molar-refractivity contribution is 0.193. The topological polar surface area (TPSA) is 15.3 Å². The number of nitrogens with one attached hydrogen (secondary N) is 1. The van der Waals surface area contributed by atoms with Crippen molar-refractivity contribution in [2.24, 2.45) is 0 Å². The van der Waals surface area contributed by atoms with E-state index in [0.717, 1.165) is 26.2 Å². The summed E-state index contributed by atoms with van der Waals surface area (Å²) in [6.07, 6.45) is 0. The van der Waals surface area contributed by atoms with Crippen LogP contribution in [0.2, 0.25) is 0 Å². The lowest BCUT2D eigenvalue weighted by atomic mass is 10.0. The van der Waals surface area contributed by atoms with Crippen LogP contribution in [0.15, 0.2) is 59.1 Å². The molecular formula is C17H19BrN2. The van der Waals surface area contributed by atoms with Gasteiger partial charge in [-0.2, -0.15) is 0 Å². The van der Waals surface area contributed by atoms with Crippen LogP contribution in [0, 0.1) is 0 Å². The third-order valence-corrected chi connectivity index (χ3v) is 4.51. The highest BCUT2D eigenvalue weighted by Crippen LogP contribution is 2.25. The highest BCUT2D eigenvalue weighted by atomic mass is 79.9. The summed E-state index contributed by atoms with van der Waals surface area (Å²) in [4.78, 5) is 2.52. The van der Waals surface area contributed by atoms with Crippen LogP contribution in [0.3, 0.4) is 0 Å². The summed E-state index contributed by atoms with van der Waals surface area (Å²) in [7, 11) is 0. The van der Waals surface area contributed by atoms with Gasteiger partial charge >= 0.3 is 0 Å². The molecule has 0 aliphatic carbocycles. The molecule has 1 fully saturated rings. The fourth-order valence-electron chi connectivity index (χ4n) is 2.76. The lowest BCUT2D eigenvalue weighted by Gasteiger charge is -2.34. The van der Waals surface area contributed by atoms with Gasteiger partial charge < -0.3 is 5.32 Å². The summed E-state index contributed by atoms with van der Waals surface area (Å²) in [6.45, 7) is 4.23. The van der Waals surface area contributed by atoms with Gasteiger partial charge in [0.05, 0.1) is 0 Å². The highest BCUT2D eigenvalue weighted by Gasteiger charge is 2.21. The summed E-state index contributed by atoms with van der Waals surface area (Å²) >= 11 is 3.66. The molecule has 20 heavy (non-hydrogen) atoms. The first kappa shape index (κ1) is 13.8. The number of hydrogen-bond acceptors (Lipinski definition) is 2. The molecule has 0 bridgehead atoms. The summed E-state index contributed by atoms with van der Waals surface area (Å²) in [5.74, 6) is 0. The van der Waals surface area contributed by atoms with Crippen molar-refractivity contribution in [3.8, 4) is 0 Å². The summed E-state index contributed by atoms with van der Waals surface area (Å²) in [5, 5.41) is 3.62. The molecule has 1 heterocycles. The third kappa shape index (κ3) is 3.29. The van der Waals surface area contributed by atoms with Gasteiger partial charge in [-0.25, -0.2) is 0 Å². The van der Waals surface area contributed by atoms with Crippen LogP contribution in [0.25, 0.3) is 0 Å². The van der Waals surface area contributed by atoms with Gasteiger partial charge in [0.15, 0.2) is 0 Å². The average Bonchev–Trinajstić information content (AvgIpc) is 2.49. The second kappa shape index (κ2) is 6.53. The van der Waals surface area contributed by atoms with Crippen molar-refractivity contribution in [3.63, 3.8) is 0 Å². The standard InChI is InChI=1S/C17H19BrN2/c18-16-9-5-4-8-15(16)17-13-20(11-10-19-17)12-14-6-2-1-3-7-14/h1-9,17,19H,10-13H2. The second-order valence-corrected chi connectivity index (χ2v) is 6.10. The van der Waals surface area contributed by atoms with Crippen molar-refractivity contribution in [2.75, 3.05) is 19.6 Å². The van der Waals surface area contributed by atoms with E-state index < -0.39 is 0 Å². The Bertz CT molecular complexity index is 556. The van der Waals surface area contributed by atoms with E-state index >= 15 is 0 Å². The zero-order valence-electron chi connectivity index (χ0n) is 11.4. The number of hydrogen-bond donors (Lipinski definition) is 1. The monoisotopic (exact) mass is 330 g/mol. The molecule has 1 aliphatic heterocycles. The number of halogens is 1. The average molecular weight is 331 g/mol. The van der Waals surface area contributed by atoms with Crippen LogP contribution in [0.1, 0.15) is 17.2 Å². The summed E-state index contributed by atoms with van der Waals surface area (Å²) in [6, 6.07) is 19.6. The molecule has 3 heteroatoms. The van der Waals surface area contributed by atoms with Crippen molar-refractivity contribution >= 4 is 15.9 Å². The number of benzene rings is 2. The van der Waals surface area contributed by atoms with E-state index in [1.807, 2.05) is 0 Å². The van der Waals surface area contributed by atoms with Crippen molar-refractivity contribution in [3.05, 3.63) is 70.2 Å². The predicted octanol–water partition coefficient (Wildman–Crippen LogP) is 3.60. The minimum atomic E-state index is 0.406. The Morgan fingerprint density at radius 2 is 1.80 bits per heavy atom. The van der Waals surface area contributed by atoms with Crippen molar-refractivity contribution in [1.29, 1.82) is 0 Å². The molecule has 3 rings (SSSR count). The van der Waals surface area contributed by atoms with Crippen LogP contribution in [-0.4, -0.2) is 24.5 Å². The van der Waals surface area contributed by atoms with Gasteiger partial charge in [-0.15, -0.1) is 0 Å². The van der Waals surface area contributed by atoms with E-state index in [9.17, 15) is 0 Å². The Balaban J connectivity index is 1.69. The smallest absolute Gasteiger partial charge is 0.0461 e. The maximum absolute atomic E-state index is 3.66. The van der Waals surface area contributed by atoms with Crippen LogP contribution in [-0.2, 0) is 6.54 Å². The zero-order valence-corrected chi connectivity index (χ0v) is 13.0. The first-order chi connectivity index (χ1) is 9.83. The van der Waals surface area contributed by atoms with Crippen molar-refractivity contribution < 1.29 is 0 Å². The van der Waals surface area contributed by atoms with E-state index in [1.165, 1.54) is 15.6 Å². The van der Waals surface area contributed by atoms with Crippen molar-refractivity contribution in [2.45, 2.75) is 12.6 Å². The summed E-state index contributed by atoms with van der Waals surface area (Å²) < 4.78 is 1.19. The lowest BCUT2D eigenvalue weighted by Crippen LogP contribution is -2.45.